The van der Waals surface area contributed by atoms with Gasteiger partial charge in [0.25, 0.3) is 0 Å². The summed E-state index contributed by atoms with van der Waals surface area (Å²) in [5, 5.41) is 7.30. The molecular formula is C17H30N2S. The van der Waals surface area contributed by atoms with Crippen LogP contribution in [-0.4, -0.2) is 17.6 Å². The van der Waals surface area contributed by atoms with Crippen LogP contribution in [0.3, 0.4) is 0 Å². The molecule has 0 aromatic carbocycles. The number of thiazole rings is 1. The molecule has 1 heterocycles. The molecule has 2 nitrogen and oxygen atoms in total. The number of hydrogen-bond donors (Lipinski definition) is 1. The first-order chi connectivity index (χ1) is 9.41. The van der Waals surface area contributed by atoms with Gasteiger partial charge in [0.05, 0.1) is 10.7 Å². The molecule has 1 fully saturated rings. The number of nitrogens with one attached hydrogen (secondary N) is 1. The predicted octanol–water partition coefficient (Wildman–Crippen LogP) is 4.40. The third kappa shape index (κ3) is 3.82. The monoisotopic (exact) mass is 294 g/mol. The molecule has 114 valence electrons. The smallest absolute Gasteiger partial charge is 0.0931 e. The molecule has 3 heteroatoms. The van der Waals surface area contributed by atoms with Gasteiger partial charge in [0, 0.05) is 23.3 Å². The second-order valence-corrected chi connectivity index (χ2v) is 8.28. The topological polar surface area (TPSA) is 24.9 Å². The van der Waals surface area contributed by atoms with E-state index < -0.39 is 0 Å². The third-order valence-corrected chi connectivity index (χ3v) is 5.51. The van der Waals surface area contributed by atoms with Crippen molar-refractivity contribution in [3.8, 4) is 0 Å². The molecule has 0 spiro atoms. The lowest BCUT2D eigenvalue weighted by atomic mass is 9.92. The molecule has 3 atom stereocenters. The van der Waals surface area contributed by atoms with E-state index in [4.69, 9.17) is 4.98 Å². The Kier molecular flexibility index (Phi) is 5.25. The molecule has 0 aliphatic heterocycles. The zero-order chi connectivity index (χ0) is 14.8. The molecule has 20 heavy (non-hydrogen) atoms. The summed E-state index contributed by atoms with van der Waals surface area (Å²) in [6.07, 6.45) is 5.10. The van der Waals surface area contributed by atoms with E-state index in [9.17, 15) is 0 Å². The molecule has 1 saturated carbocycles. The summed E-state index contributed by atoms with van der Waals surface area (Å²) < 4.78 is 0. The van der Waals surface area contributed by atoms with Crippen LogP contribution in [0.15, 0.2) is 5.38 Å². The molecule has 0 radical (unpaired) electrons. The van der Waals surface area contributed by atoms with Crippen LogP contribution in [0.25, 0.3) is 0 Å². The minimum Gasteiger partial charge on any atom is -0.314 e. The fourth-order valence-corrected chi connectivity index (χ4v) is 4.24. The highest BCUT2D eigenvalue weighted by molar-refractivity contribution is 7.09. The van der Waals surface area contributed by atoms with E-state index in [0.29, 0.717) is 0 Å². The van der Waals surface area contributed by atoms with Gasteiger partial charge in [0.15, 0.2) is 0 Å². The first-order valence-electron chi connectivity index (χ1n) is 8.10. The Hall–Kier alpha value is -0.410. The van der Waals surface area contributed by atoms with Crippen molar-refractivity contribution in [3.05, 3.63) is 16.1 Å². The van der Waals surface area contributed by atoms with Crippen molar-refractivity contribution in [2.45, 2.75) is 71.8 Å². The summed E-state index contributed by atoms with van der Waals surface area (Å²) in [4.78, 5) is 4.86. The number of rotatable bonds is 5. The summed E-state index contributed by atoms with van der Waals surface area (Å²) in [5.41, 5.74) is 1.44. The minimum atomic E-state index is 0.182. The second kappa shape index (κ2) is 6.57. The van der Waals surface area contributed by atoms with Crippen molar-refractivity contribution in [1.82, 2.24) is 10.3 Å². The van der Waals surface area contributed by atoms with E-state index in [1.165, 1.54) is 36.4 Å². The van der Waals surface area contributed by atoms with Gasteiger partial charge in [-0.3, -0.25) is 0 Å². The molecule has 1 aromatic rings. The maximum absolute atomic E-state index is 4.86. The summed E-state index contributed by atoms with van der Waals surface area (Å²) in [7, 11) is 0. The fourth-order valence-electron chi connectivity index (χ4n) is 3.13. The number of aromatic nitrogens is 1. The number of hydrogen-bond acceptors (Lipinski definition) is 3. The minimum absolute atomic E-state index is 0.182. The Labute approximate surface area is 128 Å². The molecule has 3 unspecified atom stereocenters. The van der Waals surface area contributed by atoms with Gasteiger partial charge in [0.1, 0.15) is 0 Å². The van der Waals surface area contributed by atoms with E-state index in [1.807, 2.05) is 11.3 Å². The largest absolute Gasteiger partial charge is 0.314 e. The molecule has 1 aliphatic rings. The van der Waals surface area contributed by atoms with Crippen molar-refractivity contribution < 1.29 is 0 Å². The van der Waals surface area contributed by atoms with Gasteiger partial charge in [-0.25, -0.2) is 4.98 Å². The first kappa shape index (κ1) is 16.0. The van der Waals surface area contributed by atoms with Gasteiger partial charge in [-0.1, -0.05) is 34.6 Å². The Bertz CT molecular complexity index is 419. The van der Waals surface area contributed by atoms with Crippen LogP contribution >= 0.6 is 11.3 Å². The van der Waals surface area contributed by atoms with Gasteiger partial charge in [0.2, 0.25) is 0 Å². The van der Waals surface area contributed by atoms with Gasteiger partial charge in [-0.15, -0.1) is 11.3 Å². The average Bonchev–Trinajstić information content (AvgIpc) is 2.96. The Morgan fingerprint density at radius 3 is 2.70 bits per heavy atom. The second-order valence-electron chi connectivity index (χ2n) is 7.34. The van der Waals surface area contributed by atoms with Crippen LogP contribution < -0.4 is 5.32 Å². The van der Waals surface area contributed by atoms with E-state index >= 15 is 0 Å². The fraction of sp³-hybridized carbons (Fsp3) is 0.824. The quantitative estimate of drug-likeness (QED) is 0.871. The van der Waals surface area contributed by atoms with E-state index in [0.717, 1.165) is 24.4 Å². The lowest BCUT2D eigenvalue weighted by Crippen LogP contribution is -2.33. The highest BCUT2D eigenvalue weighted by Gasteiger charge is 2.33. The number of nitrogens with zero attached hydrogens (tertiary/aromatic N) is 1. The zero-order valence-corrected chi connectivity index (χ0v) is 14.5. The Morgan fingerprint density at radius 2 is 2.10 bits per heavy atom. The van der Waals surface area contributed by atoms with Crippen molar-refractivity contribution >= 4 is 11.3 Å². The molecule has 0 bridgehead atoms. The molecule has 0 saturated heterocycles. The summed E-state index contributed by atoms with van der Waals surface area (Å²) in [6, 6.07) is 0.724. The van der Waals surface area contributed by atoms with Gasteiger partial charge in [-0.05, 0) is 37.6 Å². The third-order valence-electron chi connectivity index (χ3n) is 4.64. The van der Waals surface area contributed by atoms with Gasteiger partial charge >= 0.3 is 0 Å². The summed E-state index contributed by atoms with van der Waals surface area (Å²) >= 11 is 1.85. The Morgan fingerprint density at radius 1 is 1.35 bits per heavy atom. The molecule has 1 aliphatic carbocycles. The standard InChI is InChI=1S/C17H30N2S/c1-6-9-18-14-8-7-13(12(14)2)10-16-19-15(11-20-16)17(3,4)5/h11-14,18H,6-10H2,1-5H3. The maximum Gasteiger partial charge on any atom is 0.0931 e. The van der Waals surface area contributed by atoms with Crippen LogP contribution in [0.5, 0.6) is 0 Å². The van der Waals surface area contributed by atoms with Crippen LogP contribution in [0.4, 0.5) is 0 Å². The van der Waals surface area contributed by atoms with E-state index in [-0.39, 0.29) is 5.41 Å². The first-order valence-corrected chi connectivity index (χ1v) is 8.98. The maximum atomic E-state index is 4.86. The van der Waals surface area contributed by atoms with Crippen molar-refractivity contribution in [2.75, 3.05) is 6.54 Å². The lowest BCUT2D eigenvalue weighted by Gasteiger charge is -2.21. The van der Waals surface area contributed by atoms with Crippen molar-refractivity contribution in [3.63, 3.8) is 0 Å². The molecule has 1 aromatic heterocycles. The van der Waals surface area contributed by atoms with Crippen LogP contribution in [0, 0.1) is 11.8 Å². The molecular weight excluding hydrogens is 264 g/mol. The highest BCUT2D eigenvalue weighted by Crippen LogP contribution is 2.35. The van der Waals surface area contributed by atoms with Crippen LogP contribution in [0.1, 0.15) is 64.6 Å². The van der Waals surface area contributed by atoms with Gasteiger partial charge < -0.3 is 5.32 Å². The lowest BCUT2D eigenvalue weighted by molar-refractivity contribution is 0.351. The Balaban J connectivity index is 1.92. The normalized spacial score (nSPS) is 27.1. The van der Waals surface area contributed by atoms with E-state index in [1.54, 1.807) is 0 Å². The van der Waals surface area contributed by atoms with E-state index in [2.05, 4.69) is 45.3 Å². The van der Waals surface area contributed by atoms with Gasteiger partial charge in [-0.2, -0.15) is 0 Å². The van der Waals surface area contributed by atoms with Crippen LogP contribution in [-0.2, 0) is 11.8 Å². The highest BCUT2D eigenvalue weighted by atomic mass is 32.1. The van der Waals surface area contributed by atoms with Crippen molar-refractivity contribution in [2.24, 2.45) is 11.8 Å². The van der Waals surface area contributed by atoms with Crippen molar-refractivity contribution in [1.29, 1.82) is 0 Å². The molecule has 2 rings (SSSR count). The summed E-state index contributed by atoms with van der Waals surface area (Å²) in [5.74, 6) is 1.59. The summed E-state index contributed by atoms with van der Waals surface area (Å²) in [6.45, 7) is 12.6. The molecule has 1 N–H and O–H groups in total. The average molecular weight is 295 g/mol. The molecule has 0 amide bonds. The van der Waals surface area contributed by atoms with Crippen LogP contribution in [0.2, 0.25) is 0 Å². The predicted molar refractivity (Wildman–Crippen MR) is 88.5 cm³/mol. The zero-order valence-electron chi connectivity index (χ0n) is 13.7. The SMILES string of the molecule is CCCNC1CCC(Cc2nc(C(C)(C)C)cs2)C1C.